The van der Waals surface area contributed by atoms with Crippen molar-refractivity contribution in [2.45, 2.75) is 13.8 Å². The molecule has 6 rings (SSSR count). The number of carbonyl (C=O) groups is 4. The smallest absolute Gasteiger partial charge is 0.346 e. The van der Waals surface area contributed by atoms with Gasteiger partial charge in [0, 0.05) is 10.9 Å². The van der Waals surface area contributed by atoms with Gasteiger partial charge < -0.3 is 9.47 Å². The lowest BCUT2D eigenvalue weighted by Crippen LogP contribution is -2.24. The van der Waals surface area contributed by atoms with E-state index < -0.39 is 23.9 Å². The monoisotopic (exact) mass is 422 g/mol. The second-order valence-electron chi connectivity index (χ2n) is 7.74. The number of carbonyl (C=O) groups excluding carboxylic acids is 4. The fourth-order valence-electron chi connectivity index (χ4n) is 5.03. The van der Waals surface area contributed by atoms with Crippen LogP contribution in [0.3, 0.4) is 0 Å². The van der Waals surface area contributed by atoms with Crippen molar-refractivity contribution < 1.29 is 28.7 Å². The highest BCUT2D eigenvalue weighted by molar-refractivity contribution is 6.34. The molecule has 0 N–H and O–H groups in total. The van der Waals surface area contributed by atoms with Gasteiger partial charge >= 0.3 is 23.9 Å². The first kappa shape index (κ1) is 18.4. The fraction of sp³-hybridized carbons (Fsp3) is 0.0769. The molecule has 0 fully saturated rings. The van der Waals surface area contributed by atoms with Crippen LogP contribution >= 0.6 is 0 Å². The summed E-state index contributed by atoms with van der Waals surface area (Å²) in [6.45, 7) is 3.60. The molecule has 2 heterocycles. The van der Waals surface area contributed by atoms with E-state index in [9.17, 15) is 19.2 Å². The van der Waals surface area contributed by atoms with Crippen molar-refractivity contribution in [2.75, 3.05) is 0 Å². The molecule has 0 unspecified atom stereocenters. The Balaban J connectivity index is 1.94. The maximum Gasteiger partial charge on any atom is 0.346 e. The summed E-state index contributed by atoms with van der Waals surface area (Å²) >= 11 is 0. The molecule has 32 heavy (non-hydrogen) atoms. The number of hydrogen-bond donors (Lipinski definition) is 0. The van der Waals surface area contributed by atoms with Crippen molar-refractivity contribution in [3.8, 4) is 0 Å². The number of allylic oxidation sites excluding steroid dienone is 1. The van der Waals surface area contributed by atoms with Crippen LogP contribution in [0, 0.1) is 0 Å². The molecule has 0 aromatic heterocycles. The lowest BCUT2D eigenvalue weighted by molar-refractivity contribution is -0.131. The molecule has 2 aliphatic rings. The van der Waals surface area contributed by atoms with E-state index in [1.807, 2.05) is 31.2 Å². The molecule has 6 nitrogen and oxygen atoms in total. The van der Waals surface area contributed by atoms with Crippen LogP contribution in [0.5, 0.6) is 0 Å². The van der Waals surface area contributed by atoms with E-state index in [1.54, 1.807) is 31.2 Å². The van der Waals surface area contributed by atoms with Crippen LogP contribution < -0.4 is 5.22 Å². The Morgan fingerprint density at radius 3 is 1.72 bits per heavy atom. The molecule has 4 aromatic carbocycles. The normalized spacial score (nSPS) is 17.4. The molecule has 0 bridgehead atoms. The SMILES string of the molecule is CC=c1c2ccc3c4c(ccc(c5ccc6c(c15)/C(=C\C)C(=O)OC6=O)c42)C(=O)OC3=O. The lowest BCUT2D eigenvalue weighted by Gasteiger charge is -2.23. The molecule has 154 valence electrons. The molecule has 2 aliphatic heterocycles. The van der Waals surface area contributed by atoms with Crippen molar-refractivity contribution in [3.05, 3.63) is 69.9 Å². The molecule has 0 spiro atoms. The Labute approximate surface area is 180 Å². The van der Waals surface area contributed by atoms with E-state index >= 15 is 0 Å². The largest absolute Gasteiger partial charge is 0.386 e. The van der Waals surface area contributed by atoms with Crippen molar-refractivity contribution in [2.24, 2.45) is 0 Å². The summed E-state index contributed by atoms with van der Waals surface area (Å²) in [6, 6.07) is 10.4. The van der Waals surface area contributed by atoms with Gasteiger partial charge in [-0.25, -0.2) is 19.2 Å². The maximum absolute atomic E-state index is 12.5. The van der Waals surface area contributed by atoms with E-state index in [-0.39, 0.29) is 0 Å². The standard InChI is InChI=1S/C26H14O6/c1-3-11-13-5-8-17-22-18(26(30)32-25(17)29)10-7-15(21(13)22)14-6-9-16-20(19(11)14)12(4-2)23(27)31-24(16)28/h3-10H,1-2H3/b11-3?,12-4+. The minimum absolute atomic E-state index is 0.323. The van der Waals surface area contributed by atoms with Gasteiger partial charge in [0.05, 0.1) is 22.3 Å². The number of rotatable bonds is 0. The van der Waals surface area contributed by atoms with Crippen LogP contribution in [0.2, 0.25) is 0 Å². The number of hydrogen-bond acceptors (Lipinski definition) is 6. The summed E-state index contributed by atoms with van der Waals surface area (Å²) in [5.41, 5.74) is 1.86. The highest BCUT2D eigenvalue weighted by Gasteiger charge is 2.33. The van der Waals surface area contributed by atoms with E-state index in [0.717, 1.165) is 32.1 Å². The summed E-state index contributed by atoms with van der Waals surface area (Å²) in [5, 5.41) is 5.33. The van der Waals surface area contributed by atoms with E-state index in [4.69, 9.17) is 9.47 Å². The van der Waals surface area contributed by atoms with E-state index in [1.165, 1.54) is 0 Å². The topological polar surface area (TPSA) is 86.7 Å². The van der Waals surface area contributed by atoms with Gasteiger partial charge in [-0.2, -0.15) is 0 Å². The number of esters is 4. The van der Waals surface area contributed by atoms with Gasteiger partial charge in [-0.3, -0.25) is 0 Å². The molecular weight excluding hydrogens is 408 g/mol. The van der Waals surface area contributed by atoms with E-state index in [0.29, 0.717) is 33.2 Å². The van der Waals surface area contributed by atoms with Gasteiger partial charge in [0.2, 0.25) is 0 Å². The lowest BCUT2D eigenvalue weighted by atomic mass is 9.83. The summed E-state index contributed by atoms with van der Waals surface area (Å²) in [7, 11) is 0. The number of fused-ring (bicyclic) bond motifs is 4. The summed E-state index contributed by atoms with van der Waals surface area (Å²) in [6.07, 6.45) is 3.55. The summed E-state index contributed by atoms with van der Waals surface area (Å²) in [5.74, 6) is -2.71. The second kappa shape index (κ2) is 6.11. The molecule has 6 heteroatoms. The zero-order valence-corrected chi connectivity index (χ0v) is 17.1. The Bertz CT molecular complexity index is 1680. The summed E-state index contributed by atoms with van der Waals surface area (Å²) < 4.78 is 9.82. The summed E-state index contributed by atoms with van der Waals surface area (Å²) in [4.78, 5) is 49.8. The number of benzene rings is 4. The zero-order valence-electron chi connectivity index (χ0n) is 17.1. The molecule has 0 amide bonds. The van der Waals surface area contributed by atoms with Crippen LogP contribution in [-0.4, -0.2) is 23.9 Å². The van der Waals surface area contributed by atoms with Gasteiger partial charge in [0.25, 0.3) is 0 Å². The first-order valence-electron chi connectivity index (χ1n) is 10.1. The van der Waals surface area contributed by atoms with E-state index in [2.05, 4.69) is 0 Å². The van der Waals surface area contributed by atoms with Gasteiger partial charge in [0.1, 0.15) is 0 Å². The van der Waals surface area contributed by atoms with Gasteiger partial charge in [-0.05, 0) is 64.2 Å². The van der Waals surface area contributed by atoms with Crippen molar-refractivity contribution >= 4 is 67.8 Å². The number of cyclic esters (lactones) is 4. The van der Waals surface area contributed by atoms with Gasteiger partial charge in [-0.1, -0.05) is 30.4 Å². The minimum atomic E-state index is -0.682. The molecular formula is C26H14O6. The Hall–Kier alpha value is -4.32. The van der Waals surface area contributed by atoms with Crippen LogP contribution in [0.25, 0.3) is 44.0 Å². The second-order valence-corrected chi connectivity index (χ2v) is 7.74. The van der Waals surface area contributed by atoms with Crippen LogP contribution in [0.4, 0.5) is 0 Å². The highest BCUT2D eigenvalue weighted by atomic mass is 16.6. The van der Waals surface area contributed by atoms with Crippen LogP contribution in [-0.2, 0) is 14.3 Å². The van der Waals surface area contributed by atoms with Gasteiger partial charge in [0.15, 0.2) is 0 Å². The Morgan fingerprint density at radius 1 is 0.562 bits per heavy atom. The molecule has 0 radical (unpaired) electrons. The third-order valence-corrected chi connectivity index (χ3v) is 6.31. The quantitative estimate of drug-likeness (QED) is 0.140. The van der Waals surface area contributed by atoms with Crippen molar-refractivity contribution in [1.82, 2.24) is 0 Å². The Kier molecular flexibility index (Phi) is 3.52. The predicted molar refractivity (Wildman–Crippen MR) is 118 cm³/mol. The zero-order chi connectivity index (χ0) is 22.3. The fourth-order valence-corrected chi connectivity index (χ4v) is 5.03. The van der Waals surface area contributed by atoms with Crippen molar-refractivity contribution in [1.29, 1.82) is 0 Å². The van der Waals surface area contributed by atoms with Crippen LogP contribution in [0.1, 0.15) is 50.5 Å². The third-order valence-electron chi connectivity index (χ3n) is 6.31. The Morgan fingerprint density at radius 2 is 1.09 bits per heavy atom. The third kappa shape index (κ3) is 2.08. The average molecular weight is 422 g/mol. The predicted octanol–water partition coefficient (Wildman–Crippen LogP) is 4.08. The van der Waals surface area contributed by atoms with Crippen molar-refractivity contribution in [3.63, 3.8) is 0 Å². The first-order valence-corrected chi connectivity index (χ1v) is 10.1. The molecule has 0 saturated heterocycles. The van der Waals surface area contributed by atoms with Crippen LogP contribution in [0.15, 0.2) is 42.5 Å². The first-order chi connectivity index (χ1) is 15.5. The molecule has 0 saturated carbocycles. The van der Waals surface area contributed by atoms with Gasteiger partial charge in [-0.15, -0.1) is 0 Å². The maximum atomic E-state index is 12.5. The molecule has 4 aromatic rings. The minimum Gasteiger partial charge on any atom is -0.386 e. The number of ether oxygens (including phenoxy) is 2. The molecule has 0 aliphatic carbocycles. The average Bonchev–Trinajstić information content (AvgIpc) is 2.78. The molecule has 0 atom stereocenters. The highest BCUT2D eigenvalue weighted by Crippen LogP contribution is 2.40.